The Morgan fingerprint density at radius 1 is 1.24 bits per heavy atom. The van der Waals surface area contributed by atoms with E-state index in [0.717, 1.165) is 39.3 Å². The second kappa shape index (κ2) is 8.44. The van der Waals surface area contributed by atoms with Crippen molar-refractivity contribution < 1.29 is 24.0 Å². The molecule has 0 bridgehead atoms. The highest BCUT2D eigenvalue weighted by Gasteiger charge is 2.34. The average Bonchev–Trinajstić information content (AvgIpc) is 3.15. The van der Waals surface area contributed by atoms with Gasteiger partial charge in [-0.3, -0.25) is 14.5 Å². The van der Waals surface area contributed by atoms with Crippen molar-refractivity contribution in [1.82, 2.24) is 15.0 Å². The van der Waals surface area contributed by atoms with E-state index in [0.29, 0.717) is 19.5 Å². The Kier molecular flexibility index (Phi) is 6.04. The Bertz CT molecular complexity index is 571. The first kappa shape index (κ1) is 17.9. The van der Waals surface area contributed by atoms with E-state index in [2.05, 4.69) is 10.1 Å². The molecule has 1 aromatic heterocycles. The van der Waals surface area contributed by atoms with Crippen LogP contribution in [0.5, 0.6) is 0 Å². The van der Waals surface area contributed by atoms with Crippen LogP contribution in [0.3, 0.4) is 0 Å². The molecule has 0 saturated carbocycles. The normalized spacial score (nSPS) is 25.0. The van der Waals surface area contributed by atoms with Crippen molar-refractivity contribution in [2.24, 2.45) is 11.8 Å². The molecule has 1 amide bonds. The molecule has 1 N–H and O–H groups in total. The minimum Gasteiger partial charge on any atom is -0.481 e. The predicted octanol–water partition coefficient (Wildman–Crippen LogP) is 0.950. The minimum atomic E-state index is -0.767. The van der Waals surface area contributed by atoms with Gasteiger partial charge in [0.1, 0.15) is 0 Å². The molecule has 8 nitrogen and oxygen atoms in total. The van der Waals surface area contributed by atoms with Crippen molar-refractivity contribution in [3.05, 3.63) is 18.0 Å². The second-order valence-corrected chi connectivity index (χ2v) is 6.78. The van der Waals surface area contributed by atoms with E-state index in [1.54, 1.807) is 11.0 Å². The number of rotatable bonds is 6. The number of hydrogen-bond acceptors (Lipinski definition) is 6. The Morgan fingerprint density at radius 2 is 2.04 bits per heavy atom. The number of carboxylic acid groups (broad SMARTS) is 1. The first-order chi connectivity index (χ1) is 12.1. The van der Waals surface area contributed by atoms with Crippen LogP contribution in [0.2, 0.25) is 0 Å². The van der Waals surface area contributed by atoms with Gasteiger partial charge in [0, 0.05) is 38.7 Å². The fourth-order valence-electron chi connectivity index (χ4n) is 3.74. The van der Waals surface area contributed by atoms with Crippen molar-refractivity contribution in [3.63, 3.8) is 0 Å². The fraction of sp³-hybridized carbons (Fsp3) is 0.706. The van der Waals surface area contributed by atoms with Crippen LogP contribution < -0.4 is 0 Å². The molecular weight excluding hydrogens is 326 g/mol. The van der Waals surface area contributed by atoms with Crippen LogP contribution in [0.4, 0.5) is 0 Å². The van der Waals surface area contributed by atoms with Gasteiger partial charge in [-0.25, -0.2) is 0 Å². The zero-order valence-electron chi connectivity index (χ0n) is 14.3. The average molecular weight is 351 g/mol. The van der Waals surface area contributed by atoms with Gasteiger partial charge in [0.05, 0.1) is 19.4 Å². The summed E-state index contributed by atoms with van der Waals surface area (Å²) in [5.74, 6) is -0.403. The second-order valence-electron chi connectivity index (χ2n) is 6.78. The minimum absolute atomic E-state index is 0.109. The lowest BCUT2D eigenvalue weighted by Gasteiger charge is -2.39. The summed E-state index contributed by atoms with van der Waals surface area (Å²) in [6, 6.07) is 1.56. The maximum absolute atomic E-state index is 12.5. The van der Waals surface area contributed by atoms with E-state index in [1.807, 2.05) is 0 Å². The molecule has 0 spiro atoms. The Balaban J connectivity index is 1.60. The Morgan fingerprint density at radius 3 is 2.72 bits per heavy atom. The Labute approximate surface area is 146 Å². The molecule has 2 fully saturated rings. The topological polar surface area (TPSA) is 96.1 Å². The summed E-state index contributed by atoms with van der Waals surface area (Å²) in [6.45, 7) is 5.37. The van der Waals surface area contributed by atoms with Crippen LogP contribution in [0.1, 0.15) is 29.8 Å². The summed E-state index contributed by atoms with van der Waals surface area (Å²) < 4.78 is 10.3. The number of piperidine rings is 1. The zero-order chi connectivity index (χ0) is 17.6. The van der Waals surface area contributed by atoms with E-state index >= 15 is 0 Å². The highest BCUT2D eigenvalue weighted by atomic mass is 16.5. The first-order valence-corrected chi connectivity index (χ1v) is 8.85. The summed E-state index contributed by atoms with van der Waals surface area (Å²) in [4.78, 5) is 27.8. The number of aromatic nitrogens is 1. The van der Waals surface area contributed by atoms with Gasteiger partial charge in [0.2, 0.25) is 5.76 Å². The molecule has 1 aromatic rings. The standard InChI is InChI=1S/C17H25N3O5/c21-16(22)11-13-3-6-20(17(23)15-1-4-18-25-15)12-14(13)2-5-19-7-9-24-10-8-19/h1,4,13-14H,2-3,5-12H2,(H,21,22)/t13-,14-/m0/s1. The molecule has 25 heavy (non-hydrogen) atoms. The number of ether oxygens (including phenoxy) is 1. The van der Waals surface area contributed by atoms with Crippen molar-refractivity contribution in [1.29, 1.82) is 0 Å². The molecule has 2 aliphatic rings. The molecule has 0 radical (unpaired) electrons. The molecule has 8 heteroatoms. The summed E-state index contributed by atoms with van der Waals surface area (Å²) in [6.07, 6.45) is 3.22. The summed E-state index contributed by atoms with van der Waals surface area (Å²) in [5, 5.41) is 12.8. The Hall–Kier alpha value is -1.93. The number of carboxylic acids is 1. The van der Waals surface area contributed by atoms with Gasteiger partial charge in [-0.1, -0.05) is 5.16 Å². The lowest BCUT2D eigenvalue weighted by Crippen LogP contribution is -2.46. The lowest BCUT2D eigenvalue weighted by molar-refractivity contribution is -0.139. The predicted molar refractivity (Wildman–Crippen MR) is 88.1 cm³/mol. The third-order valence-electron chi connectivity index (χ3n) is 5.18. The van der Waals surface area contributed by atoms with Gasteiger partial charge in [0.25, 0.3) is 5.91 Å². The highest BCUT2D eigenvalue weighted by Crippen LogP contribution is 2.30. The highest BCUT2D eigenvalue weighted by molar-refractivity contribution is 5.91. The van der Waals surface area contributed by atoms with Crippen LogP contribution in [-0.2, 0) is 9.53 Å². The number of amides is 1. The fourth-order valence-corrected chi connectivity index (χ4v) is 3.74. The molecule has 2 atom stereocenters. The molecule has 0 aliphatic carbocycles. The van der Waals surface area contributed by atoms with Gasteiger partial charge in [-0.05, 0) is 31.2 Å². The number of aliphatic carboxylic acids is 1. The molecule has 3 heterocycles. The quantitative estimate of drug-likeness (QED) is 0.815. The summed E-state index contributed by atoms with van der Waals surface area (Å²) in [7, 11) is 0. The smallest absolute Gasteiger partial charge is 0.303 e. The van der Waals surface area contributed by atoms with Gasteiger partial charge < -0.3 is 19.3 Å². The number of carbonyl (C=O) groups excluding carboxylic acids is 1. The van der Waals surface area contributed by atoms with E-state index < -0.39 is 5.97 Å². The van der Waals surface area contributed by atoms with Gasteiger partial charge >= 0.3 is 5.97 Å². The van der Waals surface area contributed by atoms with E-state index in [-0.39, 0.29) is 29.9 Å². The number of hydrogen-bond donors (Lipinski definition) is 1. The monoisotopic (exact) mass is 351 g/mol. The van der Waals surface area contributed by atoms with E-state index in [4.69, 9.17) is 9.26 Å². The van der Waals surface area contributed by atoms with Gasteiger partial charge in [-0.15, -0.1) is 0 Å². The maximum Gasteiger partial charge on any atom is 0.303 e. The number of carbonyl (C=O) groups is 2. The molecule has 2 aliphatic heterocycles. The SMILES string of the molecule is O=C(O)C[C@@H]1CCN(C(=O)c2ccno2)C[C@@H]1CCN1CCOCC1. The third kappa shape index (κ3) is 4.79. The molecule has 0 unspecified atom stereocenters. The van der Waals surface area contributed by atoms with Crippen LogP contribution in [0, 0.1) is 11.8 Å². The van der Waals surface area contributed by atoms with Gasteiger partial charge in [0.15, 0.2) is 0 Å². The number of morpholine rings is 1. The van der Waals surface area contributed by atoms with Crippen molar-refractivity contribution in [2.45, 2.75) is 19.3 Å². The van der Waals surface area contributed by atoms with Crippen molar-refractivity contribution in [2.75, 3.05) is 45.9 Å². The lowest BCUT2D eigenvalue weighted by atomic mass is 9.81. The molecule has 3 rings (SSSR count). The number of likely N-dealkylation sites (tertiary alicyclic amines) is 1. The van der Waals surface area contributed by atoms with Crippen LogP contribution >= 0.6 is 0 Å². The summed E-state index contributed by atoms with van der Waals surface area (Å²) in [5.41, 5.74) is 0. The van der Waals surface area contributed by atoms with E-state index in [9.17, 15) is 14.7 Å². The maximum atomic E-state index is 12.5. The first-order valence-electron chi connectivity index (χ1n) is 8.85. The van der Waals surface area contributed by atoms with Gasteiger partial charge in [-0.2, -0.15) is 0 Å². The molecular formula is C17H25N3O5. The molecule has 138 valence electrons. The largest absolute Gasteiger partial charge is 0.481 e. The molecule has 0 aromatic carbocycles. The molecule has 2 saturated heterocycles. The van der Waals surface area contributed by atoms with Crippen LogP contribution in [0.15, 0.2) is 16.8 Å². The van der Waals surface area contributed by atoms with Crippen molar-refractivity contribution >= 4 is 11.9 Å². The van der Waals surface area contributed by atoms with Crippen LogP contribution in [-0.4, -0.2) is 77.9 Å². The third-order valence-corrected chi connectivity index (χ3v) is 5.18. The van der Waals surface area contributed by atoms with E-state index in [1.165, 1.54) is 6.20 Å². The zero-order valence-corrected chi connectivity index (χ0v) is 14.3. The van der Waals surface area contributed by atoms with Crippen molar-refractivity contribution in [3.8, 4) is 0 Å². The number of nitrogens with zero attached hydrogens (tertiary/aromatic N) is 3. The van der Waals surface area contributed by atoms with Crippen LogP contribution in [0.25, 0.3) is 0 Å². The summed E-state index contributed by atoms with van der Waals surface area (Å²) >= 11 is 0.